The van der Waals surface area contributed by atoms with Gasteiger partial charge in [-0.1, -0.05) is 43.5 Å². The van der Waals surface area contributed by atoms with Gasteiger partial charge in [-0.25, -0.2) is 0 Å². The molecule has 1 aromatic rings. The molecule has 6 heteroatoms. The second-order valence-corrected chi connectivity index (χ2v) is 7.94. The van der Waals surface area contributed by atoms with E-state index in [1.807, 2.05) is 17.0 Å². The predicted octanol–water partition coefficient (Wildman–Crippen LogP) is 2.56. The minimum atomic E-state index is -0.289. The summed E-state index contributed by atoms with van der Waals surface area (Å²) in [5.74, 6) is 0.139. The maximum Gasteiger partial charge on any atom is 0.243 e. The monoisotopic (exact) mass is 391 g/mol. The van der Waals surface area contributed by atoms with Crippen LogP contribution in [0, 0.1) is 0 Å². The van der Waals surface area contributed by atoms with Crippen molar-refractivity contribution in [3.8, 4) is 0 Å². The molecule has 2 atom stereocenters. The minimum absolute atomic E-state index is 0. The van der Waals surface area contributed by atoms with Gasteiger partial charge in [0.15, 0.2) is 0 Å². The van der Waals surface area contributed by atoms with Gasteiger partial charge in [-0.3, -0.25) is 9.59 Å². The van der Waals surface area contributed by atoms with Crippen molar-refractivity contribution in [1.82, 2.24) is 15.5 Å². The molecule has 5 nitrogen and oxygen atoms in total. The molecule has 0 radical (unpaired) electrons. The topological polar surface area (TPSA) is 61.4 Å². The largest absolute Gasteiger partial charge is 0.352 e. The van der Waals surface area contributed by atoms with Crippen molar-refractivity contribution in [3.63, 3.8) is 0 Å². The molecule has 0 unspecified atom stereocenters. The van der Waals surface area contributed by atoms with Gasteiger partial charge in [0.1, 0.15) is 6.04 Å². The maximum absolute atomic E-state index is 13.1. The van der Waals surface area contributed by atoms with Crippen LogP contribution < -0.4 is 10.6 Å². The van der Waals surface area contributed by atoms with E-state index in [4.69, 9.17) is 0 Å². The van der Waals surface area contributed by atoms with Crippen LogP contribution in [0.2, 0.25) is 0 Å². The molecule has 2 N–H and O–H groups in total. The summed E-state index contributed by atoms with van der Waals surface area (Å²) in [6.45, 7) is 1.42. The SMILES string of the molecule is Cl.O=C(NC1CCCCC1)[C@@H]1CCCN1C(=O)[C@@H]1Cc2ccccc2CN1. The van der Waals surface area contributed by atoms with E-state index in [9.17, 15) is 9.59 Å². The van der Waals surface area contributed by atoms with Gasteiger partial charge in [0, 0.05) is 19.1 Å². The Labute approximate surface area is 167 Å². The van der Waals surface area contributed by atoms with Crippen LogP contribution in [0.4, 0.5) is 0 Å². The fourth-order valence-electron chi connectivity index (χ4n) is 4.68. The van der Waals surface area contributed by atoms with Crippen molar-refractivity contribution in [1.29, 1.82) is 0 Å². The first kappa shape index (κ1) is 20.2. The highest BCUT2D eigenvalue weighted by atomic mass is 35.5. The highest BCUT2D eigenvalue weighted by Gasteiger charge is 2.38. The van der Waals surface area contributed by atoms with Crippen molar-refractivity contribution in [2.24, 2.45) is 0 Å². The molecule has 2 fully saturated rings. The zero-order valence-corrected chi connectivity index (χ0v) is 16.6. The molecule has 2 aliphatic heterocycles. The number of likely N-dealkylation sites (tertiary alicyclic amines) is 1. The number of nitrogens with zero attached hydrogens (tertiary/aromatic N) is 1. The molecule has 1 saturated carbocycles. The van der Waals surface area contributed by atoms with E-state index >= 15 is 0 Å². The van der Waals surface area contributed by atoms with Crippen LogP contribution in [0.3, 0.4) is 0 Å². The first-order valence-corrected chi connectivity index (χ1v) is 10.1. The third kappa shape index (κ3) is 4.46. The van der Waals surface area contributed by atoms with E-state index in [0.717, 1.165) is 32.2 Å². The second-order valence-electron chi connectivity index (χ2n) is 7.94. The number of rotatable bonds is 3. The predicted molar refractivity (Wildman–Crippen MR) is 108 cm³/mol. The summed E-state index contributed by atoms with van der Waals surface area (Å²) in [5, 5.41) is 6.58. The number of hydrogen-bond acceptors (Lipinski definition) is 3. The molecular formula is C21H30ClN3O2. The Morgan fingerprint density at radius 2 is 1.74 bits per heavy atom. The van der Waals surface area contributed by atoms with Gasteiger partial charge in [0.2, 0.25) is 11.8 Å². The average molecular weight is 392 g/mol. The van der Waals surface area contributed by atoms with E-state index in [1.165, 1.54) is 30.4 Å². The maximum atomic E-state index is 13.1. The molecule has 0 bridgehead atoms. The Hall–Kier alpha value is -1.59. The summed E-state index contributed by atoms with van der Waals surface area (Å²) in [6, 6.07) is 8.08. The molecule has 4 rings (SSSR count). The smallest absolute Gasteiger partial charge is 0.243 e. The van der Waals surface area contributed by atoms with Crippen LogP contribution in [-0.2, 0) is 22.6 Å². The third-order valence-corrected chi connectivity index (χ3v) is 6.17. The summed E-state index contributed by atoms with van der Waals surface area (Å²) in [7, 11) is 0. The van der Waals surface area contributed by atoms with E-state index in [0.29, 0.717) is 19.0 Å². The van der Waals surface area contributed by atoms with Crippen molar-refractivity contribution < 1.29 is 9.59 Å². The van der Waals surface area contributed by atoms with Crippen LogP contribution in [0.25, 0.3) is 0 Å². The minimum Gasteiger partial charge on any atom is -0.352 e. The number of carbonyl (C=O) groups excluding carboxylic acids is 2. The lowest BCUT2D eigenvalue weighted by atomic mass is 9.94. The van der Waals surface area contributed by atoms with Gasteiger partial charge < -0.3 is 15.5 Å². The van der Waals surface area contributed by atoms with E-state index in [1.54, 1.807) is 0 Å². The number of amides is 2. The van der Waals surface area contributed by atoms with Gasteiger partial charge in [0.25, 0.3) is 0 Å². The van der Waals surface area contributed by atoms with Gasteiger partial charge in [-0.15, -0.1) is 12.4 Å². The lowest BCUT2D eigenvalue weighted by molar-refractivity contribution is -0.140. The zero-order valence-electron chi connectivity index (χ0n) is 15.8. The molecular weight excluding hydrogens is 362 g/mol. The lowest BCUT2D eigenvalue weighted by Gasteiger charge is -2.32. The number of fused-ring (bicyclic) bond motifs is 1. The summed E-state index contributed by atoms with van der Waals surface area (Å²) in [4.78, 5) is 27.7. The summed E-state index contributed by atoms with van der Waals surface area (Å²) in [6.07, 6.45) is 8.23. The summed E-state index contributed by atoms with van der Waals surface area (Å²) in [5.41, 5.74) is 2.51. The molecule has 148 valence electrons. The number of halogens is 1. The Morgan fingerprint density at radius 1 is 1.00 bits per heavy atom. The second kappa shape index (κ2) is 9.07. The highest BCUT2D eigenvalue weighted by molar-refractivity contribution is 5.90. The fourth-order valence-corrected chi connectivity index (χ4v) is 4.68. The standard InChI is InChI=1S/C21H29N3O2.ClH/c25-20(23-17-9-2-1-3-10-17)19-11-6-12-24(19)21(26)18-13-15-7-4-5-8-16(15)14-22-18;/h4-5,7-8,17-19,22H,1-3,6,9-14H2,(H,23,25);1H/t18-,19-;/m0./s1. The Balaban J connectivity index is 0.00000210. The molecule has 0 aromatic heterocycles. The molecule has 1 aliphatic carbocycles. The summed E-state index contributed by atoms with van der Waals surface area (Å²) < 4.78 is 0. The van der Waals surface area contributed by atoms with Crippen LogP contribution in [-0.4, -0.2) is 41.4 Å². The quantitative estimate of drug-likeness (QED) is 0.832. The van der Waals surface area contributed by atoms with Gasteiger partial charge in [-0.2, -0.15) is 0 Å². The van der Waals surface area contributed by atoms with E-state index in [-0.39, 0.29) is 36.3 Å². The first-order valence-electron chi connectivity index (χ1n) is 10.1. The average Bonchev–Trinajstić information content (AvgIpc) is 3.18. The number of nitrogens with one attached hydrogen (secondary N) is 2. The first-order chi connectivity index (χ1) is 12.7. The van der Waals surface area contributed by atoms with Crippen molar-refractivity contribution in [2.75, 3.05) is 6.54 Å². The Kier molecular flexibility index (Phi) is 6.77. The van der Waals surface area contributed by atoms with E-state index < -0.39 is 0 Å². The van der Waals surface area contributed by atoms with Gasteiger partial charge >= 0.3 is 0 Å². The summed E-state index contributed by atoms with van der Waals surface area (Å²) >= 11 is 0. The lowest BCUT2D eigenvalue weighted by Crippen LogP contribution is -2.55. The van der Waals surface area contributed by atoms with Gasteiger partial charge in [0.05, 0.1) is 6.04 Å². The number of benzene rings is 1. The molecule has 27 heavy (non-hydrogen) atoms. The van der Waals surface area contributed by atoms with Crippen LogP contribution in [0.1, 0.15) is 56.1 Å². The van der Waals surface area contributed by atoms with E-state index in [2.05, 4.69) is 22.8 Å². The zero-order chi connectivity index (χ0) is 17.9. The Bertz CT molecular complexity index is 675. The molecule has 1 aromatic carbocycles. The van der Waals surface area contributed by atoms with Crippen molar-refractivity contribution >= 4 is 24.2 Å². The third-order valence-electron chi connectivity index (χ3n) is 6.17. The molecule has 0 spiro atoms. The van der Waals surface area contributed by atoms with Crippen LogP contribution >= 0.6 is 12.4 Å². The fraction of sp³-hybridized carbons (Fsp3) is 0.619. The molecule has 3 aliphatic rings. The molecule has 2 heterocycles. The van der Waals surface area contributed by atoms with Crippen LogP contribution in [0.5, 0.6) is 0 Å². The number of carbonyl (C=O) groups is 2. The van der Waals surface area contributed by atoms with Crippen molar-refractivity contribution in [3.05, 3.63) is 35.4 Å². The van der Waals surface area contributed by atoms with Crippen LogP contribution in [0.15, 0.2) is 24.3 Å². The van der Waals surface area contributed by atoms with Crippen molar-refractivity contribution in [2.45, 2.75) is 76.0 Å². The molecule has 2 amide bonds. The van der Waals surface area contributed by atoms with Gasteiger partial charge in [-0.05, 0) is 43.2 Å². The molecule has 1 saturated heterocycles. The highest BCUT2D eigenvalue weighted by Crippen LogP contribution is 2.24. The number of hydrogen-bond donors (Lipinski definition) is 2. The Morgan fingerprint density at radius 3 is 2.52 bits per heavy atom. The normalized spacial score (nSPS) is 25.4.